The van der Waals surface area contributed by atoms with E-state index in [1.54, 1.807) is 6.07 Å². The minimum absolute atomic E-state index is 0.685. The van der Waals surface area contributed by atoms with Gasteiger partial charge in [0.25, 0.3) is 0 Å². The van der Waals surface area contributed by atoms with Crippen LogP contribution in [0.15, 0.2) is 6.07 Å². The third-order valence-electron chi connectivity index (χ3n) is 1.01. The average Bonchev–Trinajstić information content (AvgIpc) is 2.13. The summed E-state index contributed by atoms with van der Waals surface area (Å²) in [7, 11) is 0. The summed E-state index contributed by atoms with van der Waals surface area (Å²) in [6, 6.07) is 3.77. The predicted molar refractivity (Wildman–Crippen MR) is 39.3 cm³/mol. The molecule has 0 aliphatic rings. The zero-order chi connectivity index (χ0) is 6.85. The summed E-state index contributed by atoms with van der Waals surface area (Å²) < 4.78 is 0.881. The molecule has 2 heteroatoms. The van der Waals surface area contributed by atoms with Crippen LogP contribution in [0.25, 0.3) is 13.2 Å². The smallest absolute Gasteiger partial charge is 0.110 e. The second-order valence-electron chi connectivity index (χ2n) is 1.67. The third-order valence-corrected chi connectivity index (χ3v) is 1.94. The van der Waals surface area contributed by atoms with Crippen molar-refractivity contribution < 1.29 is 0 Å². The number of hydrogen-bond donors (Lipinski definition) is 0. The summed E-state index contributed by atoms with van der Waals surface area (Å²) in [6.45, 7) is 7.38. The van der Waals surface area contributed by atoms with Gasteiger partial charge in [-0.25, -0.2) is 0 Å². The van der Waals surface area contributed by atoms with Gasteiger partial charge in [-0.1, -0.05) is 13.2 Å². The van der Waals surface area contributed by atoms with Crippen molar-refractivity contribution >= 4 is 24.5 Å². The molecule has 1 rings (SSSR count). The Morgan fingerprint density at radius 1 is 1.56 bits per heavy atom. The molecule has 1 aromatic heterocycles. The summed E-state index contributed by atoms with van der Waals surface area (Å²) in [4.78, 5) is 0.685. The van der Waals surface area contributed by atoms with Crippen LogP contribution < -0.4 is 9.75 Å². The van der Waals surface area contributed by atoms with E-state index in [1.165, 1.54) is 11.3 Å². The Labute approximate surface area is 57.2 Å². The van der Waals surface area contributed by atoms with Gasteiger partial charge in [-0.2, -0.15) is 5.26 Å². The van der Waals surface area contributed by atoms with Crippen molar-refractivity contribution in [1.29, 1.82) is 5.26 Å². The van der Waals surface area contributed by atoms with Crippen molar-refractivity contribution in [2.75, 3.05) is 0 Å². The van der Waals surface area contributed by atoms with E-state index < -0.39 is 0 Å². The van der Waals surface area contributed by atoms with Gasteiger partial charge in [0.1, 0.15) is 10.9 Å². The molecule has 0 saturated heterocycles. The Morgan fingerprint density at radius 3 is 2.44 bits per heavy atom. The number of thiophene rings is 1. The Balaban J connectivity index is 3.52. The quantitative estimate of drug-likeness (QED) is 0.506. The lowest BCUT2D eigenvalue weighted by Gasteiger charge is -1.63. The van der Waals surface area contributed by atoms with E-state index in [0.717, 1.165) is 9.75 Å². The molecule has 0 saturated carbocycles. The fourth-order valence-electron chi connectivity index (χ4n) is 0.522. The van der Waals surface area contributed by atoms with E-state index >= 15 is 0 Å². The zero-order valence-electron chi connectivity index (χ0n) is 4.85. The van der Waals surface area contributed by atoms with Gasteiger partial charge in [0.05, 0.1) is 0 Å². The second-order valence-corrected chi connectivity index (χ2v) is 2.81. The van der Waals surface area contributed by atoms with Crippen LogP contribution in [0.4, 0.5) is 0 Å². The summed E-state index contributed by atoms with van der Waals surface area (Å²) in [5.41, 5.74) is 0. The highest BCUT2D eigenvalue weighted by atomic mass is 32.1. The SMILES string of the molecule is C=c1cc(C#N)sc1=C. The number of nitriles is 1. The summed E-state index contributed by atoms with van der Waals surface area (Å²) in [5.74, 6) is 0. The predicted octanol–water partition coefficient (Wildman–Crippen LogP) is 0.440. The van der Waals surface area contributed by atoms with Crippen LogP contribution in [-0.2, 0) is 0 Å². The summed E-state index contributed by atoms with van der Waals surface area (Å²) in [6.07, 6.45) is 0. The maximum atomic E-state index is 8.38. The first kappa shape index (κ1) is 6.06. The van der Waals surface area contributed by atoms with Crippen LogP contribution in [0, 0.1) is 11.3 Å². The molecule has 44 valence electrons. The highest BCUT2D eigenvalue weighted by Gasteiger charge is 1.89. The van der Waals surface area contributed by atoms with Crippen LogP contribution in [-0.4, -0.2) is 0 Å². The molecular formula is C7H5NS. The monoisotopic (exact) mass is 135 g/mol. The van der Waals surface area contributed by atoms with Gasteiger partial charge >= 0.3 is 0 Å². The zero-order valence-corrected chi connectivity index (χ0v) is 5.66. The molecule has 1 aromatic rings. The van der Waals surface area contributed by atoms with Gasteiger partial charge in [0.2, 0.25) is 0 Å². The lowest BCUT2D eigenvalue weighted by molar-refractivity contribution is 1.52. The largest absolute Gasteiger partial charge is 0.192 e. The van der Waals surface area contributed by atoms with Crippen LogP contribution in [0.1, 0.15) is 4.88 Å². The first-order valence-electron chi connectivity index (χ1n) is 2.42. The molecule has 0 spiro atoms. The van der Waals surface area contributed by atoms with Gasteiger partial charge in [-0.05, 0) is 11.3 Å². The molecule has 0 aliphatic heterocycles. The normalized spacial score (nSPS) is 8.78. The molecule has 0 amide bonds. The molecule has 0 atom stereocenters. The number of nitrogens with zero attached hydrogens (tertiary/aromatic N) is 1. The molecule has 0 aliphatic carbocycles. The maximum Gasteiger partial charge on any atom is 0.110 e. The second kappa shape index (κ2) is 2.04. The van der Waals surface area contributed by atoms with Crippen LogP contribution in [0.5, 0.6) is 0 Å². The van der Waals surface area contributed by atoms with Crippen molar-refractivity contribution in [3.05, 3.63) is 20.7 Å². The van der Waals surface area contributed by atoms with Crippen molar-refractivity contribution in [2.24, 2.45) is 0 Å². The minimum Gasteiger partial charge on any atom is -0.192 e. The topological polar surface area (TPSA) is 23.8 Å². The van der Waals surface area contributed by atoms with Crippen molar-refractivity contribution in [1.82, 2.24) is 0 Å². The van der Waals surface area contributed by atoms with Crippen LogP contribution in [0.2, 0.25) is 0 Å². The lowest BCUT2D eigenvalue weighted by Crippen LogP contribution is -2.11. The number of rotatable bonds is 0. The average molecular weight is 135 g/mol. The molecule has 9 heavy (non-hydrogen) atoms. The fourth-order valence-corrected chi connectivity index (χ4v) is 1.22. The first-order chi connectivity index (χ1) is 4.24. The van der Waals surface area contributed by atoms with E-state index in [4.69, 9.17) is 5.26 Å². The minimum atomic E-state index is 0.685. The van der Waals surface area contributed by atoms with Crippen LogP contribution in [0.3, 0.4) is 0 Å². The molecule has 0 unspecified atom stereocenters. The molecule has 1 nitrogen and oxygen atoms in total. The molecule has 0 radical (unpaired) electrons. The molecule has 0 bridgehead atoms. The van der Waals surface area contributed by atoms with Crippen molar-refractivity contribution in [2.45, 2.75) is 0 Å². The summed E-state index contributed by atoms with van der Waals surface area (Å²) >= 11 is 1.38. The van der Waals surface area contributed by atoms with Crippen molar-refractivity contribution in [3.63, 3.8) is 0 Å². The standard InChI is InChI=1S/C7H5NS/c1-5-3-7(4-8)9-6(5)2/h3H,1-2H2. The molecule has 0 aromatic carbocycles. The van der Waals surface area contributed by atoms with E-state index in [1.807, 2.05) is 6.07 Å². The third kappa shape index (κ3) is 1.01. The van der Waals surface area contributed by atoms with Gasteiger partial charge in [0, 0.05) is 4.53 Å². The van der Waals surface area contributed by atoms with E-state index in [9.17, 15) is 0 Å². The maximum absolute atomic E-state index is 8.38. The Hall–Kier alpha value is -1.07. The van der Waals surface area contributed by atoms with Gasteiger partial charge in [0.15, 0.2) is 0 Å². The Bertz CT molecular complexity index is 314. The first-order valence-corrected chi connectivity index (χ1v) is 3.23. The van der Waals surface area contributed by atoms with E-state index in [2.05, 4.69) is 13.2 Å². The lowest BCUT2D eigenvalue weighted by atomic mass is 10.4. The molecule has 0 fully saturated rings. The molecule has 1 heterocycles. The Kier molecular flexibility index (Phi) is 1.37. The Morgan fingerprint density at radius 2 is 2.22 bits per heavy atom. The fraction of sp³-hybridized carbons (Fsp3) is 0. The summed E-state index contributed by atoms with van der Waals surface area (Å²) in [5, 5.41) is 9.24. The number of hydrogen-bond acceptors (Lipinski definition) is 2. The van der Waals surface area contributed by atoms with E-state index in [-0.39, 0.29) is 0 Å². The van der Waals surface area contributed by atoms with Gasteiger partial charge in [-0.15, -0.1) is 11.3 Å². The van der Waals surface area contributed by atoms with E-state index in [0.29, 0.717) is 4.88 Å². The highest BCUT2D eigenvalue weighted by Crippen LogP contribution is 1.93. The highest BCUT2D eigenvalue weighted by molar-refractivity contribution is 7.10. The molecule has 0 N–H and O–H groups in total. The molecular weight excluding hydrogens is 130 g/mol. The van der Waals surface area contributed by atoms with Crippen molar-refractivity contribution in [3.8, 4) is 6.07 Å². The van der Waals surface area contributed by atoms with Gasteiger partial charge in [-0.3, -0.25) is 0 Å². The van der Waals surface area contributed by atoms with Gasteiger partial charge < -0.3 is 0 Å². The van der Waals surface area contributed by atoms with Crippen LogP contribution >= 0.6 is 11.3 Å².